The zero-order valence-electron chi connectivity index (χ0n) is 12.8. The third kappa shape index (κ3) is 4.77. The molecule has 1 aromatic carbocycles. The first-order valence-corrected chi connectivity index (χ1v) is 7.75. The first-order valence-electron chi connectivity index (χ1n) is 7.75. The number of carbonyl (C=O) groups is 1. The average Bonchev–Trinajstić information content (AvgIpc) is 2.53. The Bertz CT molecular complexity index is 504. The van der Waals surface area contributed by atoms with E-state index in [9.17, 15) is 9.90 Å². The number of nitrogens with one attached hydrogen (secondary N) is 2. The van der Waals surface area contributed by atoms with Crippen LogP contribution in [0.15, 0.2) is 36.9 Å². The minimum Gasteiger partial charge on any atom is -0.489 e. The minimum atomic E-state index is -0.244. The quantitative estimate of drug-likeness (QED) is 0.708. The SMILES string of the molecule is C=CCOc1cccc(NC(=O)NC2CCCCC2CO)c1. The van der Waals surface area contributed by atoms with Gasteiger partial charge in [-0.3, -0.25) is 0 Å². The van der Waals surface area contributed by atoms with Crippen molar-refractivity contribution in [2.24, 2.45) is 5.92 Å². The van der Waals surface area contributed by atoms with Crippen LogP contribution in [0.4, 0.5) is 10.5 Å². The van der Waals surface area contributed by atoms with Crippen LogP contribution < -0.4 is 15.4 Å². The van der Waals surface area contributed by atoms with E-state index in [1.54, 1.807) is 12.1 Å². The van der Waals surface area contributed by atoms with Crippen LogP contribution in [0.2, 0.25) is 0 Å². The number of rotatable bonds is 6. The lowest BCUT2D eigenvalue weighted by atomic mass is 9.85. The number of carbonyl (C=O) groups excluding carboxylic acids is 1. The molecule has 0 saturated heterocycles. The fourth-order valence-corrected chi connectivity index (χ4v) is 2.77. The van der Waals surface area contributed by atoms with Gasteiger partial charge < -0.3 is 20.5 Å². The Morgan fingerprint density at radius 1 is 1.41 bits per heavy atom. The van der Waals surface area contributed by atoms with Crippen molar-refractivity contribution >= 4 is 11.7 Å². The molecule has 1 saturated carbocycles. The molecule has 2 atom stereocenters. The Morgan fingerprint density at radius 2 is 2.23 bits per heavy atom. The Balaban J connectivity index is 1.89. The van der Waals surface area contributed by atoms with E-state index in [4.69, 9.17) is 4.74 Å². The molecule has 0 aliphatic heterocycles. The molecule has 2 amide bonds. The van der Waals surface area contributed by atoms with Crippen molar-refractivity contribution in [2.75, 3.05) is 18.5 Å². The first-order chi connectivity index (χ1) is 10.7. The van der Waals surface area contributed by atoms with E-state index in [1.807, 2.05) is 18.2 Å². The Kier molecular flexibility index (Phi) is 6.27. The summed E-state index contributed by atoms with van der Waals surface area (Å²) < 4.78 is 5.44. The summed E-state index contributed by atoms with van der Waals surface area (Å²) in [5, 5.41) is 15.2. The summed E-state index contributed by atoms with van der Waals surface area (Å²) in [6.07, 6.45) is 5.76. The van der Waals surface area contributed by atoms with Gasteiger partial charge in [0.05, 0.1) is 0 Å². The van der Waals surface area contributed by atoms with E-state index in [0.717, 1.165) is 25.7 Å². The van der Waals surface area contributed by atoms with Gasteiger partial charge in [-0.2, -0.15) is 0 Å². The van der Waals surface area contributed by atoms with Gasteiger partial charge in [0.2, 0.25) is 0 Å². The van der Waals surface area contributed by atoms with Gasteiger partial charge in [0.1, 0.15) is 12.4 Å². The lowest BCUT2D eigenvalue weighted by Gasteiger charge is -2.30. The van der Waals surface area contributed by atoms with Gasteiger partial charge in [0, 0.05) is 30.3 Å². The van der Waals surface area contributed by atoms with E-state index in [1.165, 1.54) is 0 Å². The number of aliphatic hydroxyl groups is 1. The molecule has 0 heterocycles. The van der Waals surface area contributed by atoms with Crippen molar-refractivity contribution < 1.29 is 14.6 Å². The molecular formula is C17H24N2O3. The summed E-state index contributed by atoms with van der Waals surface area (Å²) in [7, 11) is 0. The summed E-state index contributed by atoms with van der Waals surface area (Å²) in [6.45, 7) is 4.15. The van der Waals surface area contributed by atoms with E-state index in [-0.39, 0.29) is 24.6 Å². The van der Waals surface area contributed by atoms with Gasteiger partial charge in [0.15, 0.2) is 0 Å². The molecule has 3 N–H and O–H groups in total. The highest BCUT2D eigenvalue weighted by atomic mass is 16.5. The van der Waals surface area contributed by atoms with E-state index >= 15 is 0 Å². The number of hydrogen-bond donors (Lipinski definition) is 3. The fraction of sp³-hybridized carbons (Fsp3) is 0.471. The standard InChI is InChI=1S/C17H24N2O3/c1-2-10-22-15-8-5-7-14(11-15)18-17(21)19-16-9-4-3-6-13(16)12-20/h2,5,7-8,11,13,16,20H,1,3-4,6,9-10,12H2,(H2,18,19,21). The highest BCUT2D eigenvalue weighted by Crippen LogP contribution is 2.24. The summed E-state index contributed by atoms with van der Waals surface area (Å²) in [6, 6.07) is 7.03. The van der Waals surface area contributed by atoms with Crippen LogP contribution in [0.1, 0.15) is 25.7 Å². The normalized spacial score (nSPS) is 21.0. The second kappa shape index (κ2) is 8.44. The highest BCUT2D eigenvalue weighted by molar-refractivity contribution is 5.89. The summed E-state index contributed by atoms with van der Waals surface area (Å²) in [4.78, 5) is 12.1. The van der Waals surface area contributed by atoms with Crippen LogP contribution in [0.5, 0.6) is 5.75 Å². The van der Waals surface area contributed by atoms with Crippen molar-refractivity contribution in [3.8, 4) is 5.75 Å². The van der Waals surface area contributed by atoms with Crippen molar-refractivity contribution in [2.45, 2.75) is 31.7 Å². The molecule has 1 aliphatic rings. The second-order valence-corrected chi connectivity index (χ2v) is 5.56. The molecule has 0 radical (unpaired) electrons. The number of hydrogen-bond acceptors (Lipinski definition) is 3. The molecule has 0 aromatic heterocycles. The maximum absolute atomic E-state index is 12.1. The Hall–Kier alpha value is -2.01. The summed E-state index contributed by atoms with van der Waals surface area (Å²) >= 11 is 0. The Labute approximate surface area is 131 Å². The van der Waals surface area contributed by atoms with E-state index in [0.29, 0.717) is 18.0 Å². The largest absolute Gasteiger partial charge is 0.489 e. The van der Waals surface area contributed by atoms with Crippen LogP contribution in [-0.2, 0) is 0 Å². The topological polar surface area (TPSA) is 70.6 Å². The van der Waals surface area contributed by atoms with Crippen molar-refractivity contribution in [3.63, 3.8) is 0 Å². The predicted octanol–water partition coefficient (Wildman–Crippen LogP) is 2.92. The van der Waals surface area contributed by atoms with Gasteiger partial charge in [-0.15, -0.1) is 0 Å². The third-order valence-electron chi connectivity index (χ3n) is 3.92. The van der Waals surface area contributed by atoms with Crippen molar-refractivity contribution in [1.82, 2.24) is 5.32 Å². The minimum absolute atomic E-state index is 0.0407. The molecule has 1 aromatic rings. The number of ether oxygens (including phenoxy) is 1. The number of amides is 2. The zero-order valence-corrected chi connectivity index (χ0v) is 12.8. The summed E-state index contributed by atoms with van der Waals surface area (Å²) in [5.41, 5.74) is 0.676. The molecule has 0 bridgehead atoms. The number of benzene rings is 1. The fourth-order valence-electron chi connectivity index (χ4n) is 2.77. The van der Waals surface area contributed by atoms with Crippen LogP contribution >= 0.6 is 0 Å². The smallest absolute Gasteiger partial charge is 0.319 e. The monoisotopic (exact) mass is 304 g/mol. The molecule has 120 valence electrons. The van der Waals surface area contributed by atoms with E-state index < -0.39 is 0 Å². The molecule has 1 aliphatic carbocycles. The second-order valence-electron chi connectivity index (χ2n) is 5.56. The lowest BCUT2D eigenvalue weighted by molar-refractivity contribution is 0.156. The van der Waals surface area contributed by atoms with Gasteiger partial charge in [-0.1, -0.05) is 31.6 Å². The molecular weight excluding hydrogens is 280 g/mol. The average molecular weight is 304 g/mol. The van der Waals surface area contributed by atoms with Crippen molar-refractivity contribution in [3.05, 3.63) is 36.9 Å². The molecule has 5 nitrogen and oxygen atoms in total. The van der Waals surface area contributed by atoms with Gasteiger partial charge in [-0.05, 0) is 25.0 Å². The van der Waals surface area contributed by atoms with Gasteiger partial charge in [0.25, 0.3) is 0 Å². The van der Waals surface area contributed by atoms with Crippen molar-refractivity contribution in [1.29, 1.82) is 0 Å². The van der Waals surface area contributed by atoms with Crippen LogP contribution in [0.3, 0.4) is 0 Å². The molecule has 0 spiro atoms. The number of anilines is 1. The number of urea groups is 1. The lowest BCUT2D eigenvalue weighted by Crippen LogP contribution is -2.45. The molecule has 22 heavy (non-hydrogen) atoms. The molecule has 1 fully saturated rings. The first kappa shape index (κ1) is 16.4. The predicted molar refractivity (Wildman–Crippen MR) is 87.1 cm³/mol. The molecule has 5 heteroatoms. The highest BCUT2D eigenvalue weighted by Gasteiger charge is 2.25. The molecule has 2 rings (SSSR count). The van der Waals surface area contributed by atoms with Gasteiger partial charge in [-0.25, -0.2) is 4.79 Å². The molecule has 2 unspecified atom stereocenters. The summed E-state index contributed by atoms with van der Waals surface area (Å²) in [5.74, 6) is 0.838. The van der Waals surface area contributed by atoms with Crippen LogP contribution in [0.25, 0.3) is 0 Å². The Morgan fingerprint density at radius 3 is 3.00 bits per heavy atom. The zero-order chi connectivity index (χ0) is 15.8. The van der Waals surface area contributed by atoms with Gasteiger partial charge >= 0.3 is 6.03 Å². The number of aliphatic hydroxyl groups excluding tert-OH is 1. The maximum atomic E-state index is 12.1. The maximum Gasteiger partial charge on any atom is 0.319 e. The third-order valence-corrected chi connectivity index (χ3v) is 3.92. The van der Waals surface area contributed by atoms with Crippen LogP contribution in [-0.4, -0.2) is 30.4 Å². The van der Waals surface area contributed by atoms with Crippen LogP contribution in [0, 0.1) is 5.92 Å². The van der Waals surface area contributed by atoms with E-state index in [2.05, 4.69) is 17.2 Å².